The first-order valence-corrected chi connectivity index (χ1v) is 13.9. The van der Waals surface area contributed by atoms with Crippen LogP contribution in [0.5, 0.6) is 11.5 Å². The largest absolute Gasteiger partial charge is 0.870 e. The minimum absolute atomic E-state index is 0. The van der Waals surface area contributed by atoms with Gasteiger partial charge < -0.3 is 25.0 Å². The van der Waals surface area contributed by atoms with Gasteiger partial charge in [-0.15, -0.1) is 11.8 Å². The Morgan fingerprint density at radius 3 is 2.41 bits per heavy atom. The Morgan fingerprint density at radius 2 is 1.79 bits per heavy atom. The van der Waals surface area contributed by atoms with Gasteiger partial charge in [0.25, 0.3) is 0 Å². The number of nitrogens with one attached hydrogen (secondary N) is 2. The third-order valence-corrected chi connectivity index (χ3v) is 7.33. The Hall–Kier alpha value is -2.79. The number of pyridine rings is 1. The molecule has 0 bridgehead atoms. The quantitative estimate of drug-likeness (QED) is 0.172. The molecule has 39 heavy (non-hydrogen) atoms. The summed E-state index contributed by atoms with van der Waals surface area (Å²) in [6.07, 6.45) is 6.51. The van der Waals surface area contributed by atoms with Crippen LogP contribution >= 0.6 is 35.0 Å². The van der Waals surface area contributed by atoms with Crippen molar-refractivity contribution in [2.24, 2.45) is 5.92 Å². The van der Waals surface area contributed by atoms with Crippen LogP contribution < -0.4 is 19.8 Å². The summed E-state index contributed by atoms with van der Waals surface area (Å²) in [6.45, 7) is -2.71. The van der Waals surface area contributed by atoms with Gasteiger partial charge in [-0.1, -0.05) is 29.3 Å². The van der Waals surface area contributed by atoms with Gasteiger partial charge in [0.15, 0.2) is 23.9 Å². The minimum Gasteiger partial charge on any atom is -0.870 e. The van der Waals surface area contributed by atoms with Gasteiger partial charge in [0.1, 0.15) is 22.7 Å². The molecule has 7 nitrogen and oxygen atoms in total. The van der Waals surface area contributed by atoms with E-state index in [1.165, 1.54) is 6.07 Å². The zero-order valence-electron chi connectivity index (χ0n) is 21.0. The molecule has 210 valence electrons. The number of carbonyl (C=O) groups is 1. The molecule has 1 aliphatic rings. The summed E-state index contributed by atoms with van der Waals surface area (Å²) in [5.41, 5.74) is 1.86. The third kappa shape index (κ3) is 9.13. The van der Waals surface area contributed by atoms with Gasteiger partial charge in [-0.05, 0) is 67.0 Å². The lowest BCUT2D eigenvalue weighted by Gasteiger charge is -2.21. The highest BCUT2D eigenvalue weighted by atomic mass is 35.5. The monoisotopic (exact) mass is 600 g/mol. The molecule has 2 aromatic carbocycles. The second-order valence-corrected chi connectivity index (χ2v) is 10.4. The zero-order valence-corrected chi connectivity index (χ0v) is 23.3. The van der Waals surface area contributed by atoms with Crippen molar-refractivity contribution in [2.45, 2.75) is 36.9 Å². The maximum Gasteiger partial charge on any atom is 0.387 e. The number of carbonyl (C=O) groups excluding carboxylic acids is 1. The fraction of sp³-hybridized carbons (Fsp3) is 0.333. The topological polar surface area (TPSA) is 101 Å². The van der Waals surface area contributed by atoms with Crippen LogP contribution in [0.15, 0.2) is 59.8 Å². The molecule has 0 radical (unpaired) electrons. The van der Waals surface area contributed by atoms with Crippen LogP contribution in [0.2, 0.25) is 10.0 Å². The van der Waals surface area contributed by atoms with E-state index in [0.29, 0.717) is 33.7 Å². The molecule has 0 amide bonds. The lowest BCUT2D eigenvalue weighted by molar-refractivity contribution is -0.377. The highest BCUT2D eigenvalue weighted by Gasteiger charge is 2.26. The van der Waals surface area contributed by atoms with Gasteiger partial charge in [0.2, 0.25) is 0 Å². The van der Waals surface area contributed by atoms with Gasteiger partial charge in [-0.3, -0.25) is 4.79 Å². The van der Waals surface area contributed by atoms with Crippen molar-refractivity contribution in [3.63, 3.8) is 0 Å². The molecule has 3 N–H and O–H groups in total. The van der Waals surface area contributed by atoms with Crippen LogP contribution in [-0.2, 0) is 16.0 Å². The lowest BCUT2D eigenvalue weighted by Crippen LogP contribution is -2.21. The number of aromatic nitrogens is 1. The van der Waals surface area contributed by atoms with Crippen LogP contribution in [0.1, 0.15) is 30.1 Å². The summed E-state index contributed by atoms with van der Waals surface area (Å²) >= 11 is 14.4. The van der Waals surface area contributed by atoms with E-state index in [9.17, 15) is 13.6 Å². The summed E-state index contributed by atoms with van der Waals surface area (Å²) in [6, 6.07) is 12.2. The Bertz CT molecular complexity index is 1230. The van der Waals surface area contributed by atoms with E-state index in [-0.39, 0.29) is 29.9 Å². The van der Waals surface area contributed by atoms with Gasteiger partial charge in [-0.25, -0.2) is 4.98 Å². The Kier molecular flexibility index (Phi) is 11.5. The molecule has 1 aliphatic carbocycles. The number of benzene rings is 2. The van der Waals surface area contributed by atoms with E-state index < -0.39 is 18.7 Å². The van der Waals surface area contributed by atoms with Gasteiger partial charge in [-0.2, -0.15) is 8.78 Å². The van der Waals surface area contributed by atoms with Crippen molar-refractivity contribution < 1.29 is 38.2 Å². The molecule has 0 unspecified atom stereocenters. The molecule has 4 rings (SSSR count). The first-order chi connectivity index (χ1) is 18.3. The van der Waals surface area contributed by atoms with E-state index in [1.807, 2.05) is 30.5 Å². The molecule has 1 heterocycles. The van der Waals surface area contributed by atoms with E-state index in [2.05, 4.69) is 15.0 Å². The van der Waals surface area contributed by atoms with Crippen molar-refractivity contribution >= 4 is 46.6 Å². The molecule has 1 saturated carbocycles. The summed E-state index contributed by atoms with van der Waals surface area (Å²) in [5.74, 6) is -0.0653. The maximum atomic E-state index is 13.0. The van der Waals surface area contributed by atoms with Crippen LogP contribution in [0.3, 0.4) is 0 Å². The van der Waals surface area contributed by atoms with Crippen LogP contribution in [0.25, 0.3) is 0 Å². The van der Waals surface area contributed by atoms with Crippen molar-refractivity contribution in [3.05, 3.63) is 76.0 Å². The number of rotatable bonds is 13. The average Bonchev–Trinajstić information content (AvgIpc) is 3.73. The van der Waals surface area contributed by atoms with Crippen molar-refractivity contribution in [1.29, 1.82) is 0 Å². The maximum absolute atomic E-state index is 13.0. The molecule has 0 saturated heterocycles. The molecule has 1 aromatic heterocycles. The molecular weight excluding hydrogens is 573 g/mol. The van der Waals surface area contributed by atoms with Crippen molar-refractivity contribution in [2.75, 3.05) is 24.7 Å². The summed E-state index contributed by atoms with van der Waals surface area (Å²) in [7, 11) is 0. The second kappa shape index (κ2) is 14.6. The van der Waals surface area contributed by atoms with Crippen molar-refractivity contribution in [1.82, 2.24) is 0 Å². The smallest absolute Gasteiger partial charge is 0.387 e. The van der Waals surface area contributed by atoms with E-state index in [4.69, 9.17) is 32.7 Å². The summed E-state index contributed by atoms with van der Waals surface area (Å²) in [5, 5.41) is 3.79. The second-order valence-electron chi connectivity index (χ2n) is 8.73. The van der Waals surface area contributed by atoms with Gasteiger partial charge in [0.05, 0.1) is 6.61 Å². The third-order valence-electron chi connectivity index (χ3n) is 5.91. The summed E-state index contributed by atoms with van der Waals surface area (Å²) < 4.78 is 42.3. The highest BCUT2D eigenvalue weighted by molar-refractivity contribution is 7.98. The SMILES string of the molecule is CSc1ccc(NCC(=O)O[C@@H](Cc2c(Cl)c[nH+]cc2Cl)c2ccc(OC(F)F)c(OCC3CC3)c2)cc1.[OH-]. The molecule has 3 aromatic rings. The zero-order chi connectivity index (χ0) is 27.1. The first kappa shape index (κ1) is 30.7. The van der Waals surface area contributed by atoms with E-state index in [0.717, 1.165) is 23.4 Å². The van der Waals surface area contributed by atoms with Crippen molar-refractivity contribution in [3.8, 4) is 11.5 Å². The number of H-pyrrole nitrogens is 1. The van der Waals surface area contributed by atoms with Crippen LogP contribution in [0.4, 0.5) is 14.5 Å². The normalized spacial score (nSPS) is 13.4. The van der Waals surface area contributed by atoms with Crippen LogP contribution in [-0.4, -0.2) is 37.5 Å². The number of halogens is 4. The molecule has 1 fully saturated rings. The minimum atomic E-state index is -3.01. The van der Waals surface area contributed by atoms with E-state index >= 15 is 0 Å². The number of aromatic amines is 1. The number of hydrogen-bond acceptors (Lipinski definition) is 7. The van der Waals surface area contributed by atoms with Crippen LogP contribution in [0, 0.1) is 5.92 Å². The fourth-order valence-corrected chi connectivity index (χ4v) is 4.63. The standard InChI is InChI=1S/C27H26Cl2F2N2O4S.H2O/c1-38-19-7-5-18(6-8-19)33-14-26(34)36-24(11-20-21(28)12-32-13-22(20)29)17-4-9-23(37-27(30)31)25(10-17)35-15-16-2-3-16;/h4-10,12-13,16,24,27,33H,2-3,11,14-15H2,1H3;1H2/t24-;/m0./s1. The Labute approximate surface area is 239 Å². The molecule has 12 heteroatoms. The number of esters is 1. The number of alkyl halides is 2. The number of thioether (sulfide) groups is 1. The summed E-state index contributed by atoms with van der Waals surface area (Å²) in [4.78, 5) is 16.8. The number of hydrogen-bond donors (Lipinski definition) is 1. The number of ether oxygens (including phenoxy) is 3. The lowest BCUT2D eigenvalue weighted by atomic mass is 10.0. The first-order valence-electron chi connectivity index (χ1n) is 11.9. The van der Waals surface area contributed by atoms with Gasteiger partial charge in [0, 0.05) is 22.6 Å². The highest BCUT2D eigenvalue weighted by Crippen LogP contribution is 2.37. The molecule has 1 atom stereocenters. The molecule has 0 aliphatic heterocycles. The Balaban J connectivity index is 0.00000420. The Morgan fingerprint density at radius 1 is 1.10 bits per heavy atom. The molecule has 0 spiro atoms. The van der Waals surface area contributed by atoms with E-state index in [1.54, 1.807) is 36.3 Å². The fourth-order valence-electron chi connectivity index (χ4n) is 3.69. The average molecular weight is 601 g/mol. The predicted molar refractivity (Wildman–Crippen MR) is 145 cm³/mol. The van der Waals surface area contributed by atoms with Gasteiger partial charge >= 0.3 is 12.6 Å². The number of anilines is 1. The molecular formula is C27H28Cl2F2N2O5S. The predicted octanol–water partition coefficient (Wildman–Crippen LogP) is 6.68.